The lowest BCUT2D eigenvalue weighted by Gasteiger charge is -2.07. The van der Waals surface area contributed by atoms with Gasteiger partial charge in [0.2, 0.25) is 5.89 Å². The molecule has 0 fully saturated rings. The third-order valence-corrected chi connectivity index (χ3v) is 2.88. The maximum Gasteiger partial charge on any atom is 0.358 e. The van der Waals surface area contributed by atoms with Crippen molar-refractivity contribution in [3.8, 4) is 0 Å². The van der Waals surface area contributed by atoms with Gasteiger partial charge in [0.05, 0.1) is 11.4 Å². The maximum atomic E-state index is 11.1. The van der Waals surface area contributed by atoms with Crippen molar-refractivity contribution in [2.75, 3.05) is 0 Å². The Bertz CT molecular complexity index is 593. The second kappa shape index (κ2) is 4.83. The highest BCUT2D eigenvalue weighted by atomic mass is 16.4. The van der Waals surface area contributed by atoms with Crippen molar-refractivity contribution in [1.29, 1.82) is 0 Å². The van der Waals surface area contributed by atoms with E-state index in [0.29, 0.717) is 11.6 Å². The summed E-state index contributed by atoms with van der Waals surface area (Å²) in [5, 5.41) is 16.7. The first-order chi connectivity index (χ1) is 8.90. The van der Waals surface area contributed by atoms with Gasteiger partial charge in [0.1, 0.15) is 12.3 Å². The largest absolute Gasteiger partial charge is 0.476 e. The van der Waals surface area contributed by atoms with E-state index in [-0.39, 0.29) is 18.2 Å². The number of hydrogen-bond donors (Lipinski definition) is 1. The normalized spacial score (nSPS) is 11.2. The number of aromatic nitrogens is 4. The number of aromatic carboxylic acids is 1. The smallest absolute Gasteiger partial charge is 0.358 e. The van der Waals surface area contributed by atoms with Gasteiger partial charge in [-0.1, -0.05) is 19.1 Å². The fourth-order valence-electron chi connectivity index (χ4n) is 1.90. The fraction of sp³-hybridized carbons (Fsp3) is 0.500. The monoisotopic (exact) mass is 264 g/mol. The Hall–Kier alpha value is -2.18. The van der Waals surface area contributed by atoms with E-state index < -0.39 is 5.97 Å². The second-order valence-electron chi connectivity index (χ2n) is 4.69. The molecule has 0 saturated heterocycles. The molecule has 2 heterocycles. The van der Waals surface area contributed by atoms with Crippen LogP contribution in [-0.2, 0) is 6.54 Å². The summed E-state index contributed by atoms with van der Waals surface area (Å²) in [6, 6.07) is 0. The topological polar surface area (TPSA) is 94.0 Å². The lowest BCUT2D eigenvalue weighted by atomic mass is 10.1. The van der Waals surface area contributed by atoms with Crippen LogP contribution in [0.4, 0.5) is 0 Å². The molecule has 0 saturated carbocycles. The van der Waals surface area contributed by atoms with E-state index in [1.54, 1.807) is 0 Å². The molecule has 0 atom stereocenters. The zero-order valence-electron chi connectivity index (χ0n) is 11.3. The van der Waals surface area contributed by atoms with Crippen LogP contribution in [0.2, 0.25) is 0 Å². The van der Waals surface area contributed by atoms with Crippen molar-refractivity contribution in [1.82, 2.24) is 20.0 Å². The summed E-state index contributed by atoms with van der Waals surface area (Å²) >= 11 is 0. The lowest BCUT2D eigenvalue weighted by molar-refractivity contribution is 0.0688. The quantitative estimate of drug-likeness (QED) is 0.904. The van der Waals surface area contributed by atoms with E-state index in [1.807, 2.05) is 27.7 Å². The van der Waals surface area contributed by atoms with Crippen LogP contribution in [-0.4, -0.2) is 31.1 Å². The Morgan fingerprint density at radius 1 is 1.42 bits per heavy atom. The standard InChI is InChI=1S/C12H16N4O3/c1-6(2)11-10(12(17)18)14-15-16(11)5-9-13-7(3)8(4)19-9/h6H,5H2,1-4H3,(H,17,18). The molecule has 0 unspecified atom stereocenters. The van der Waals surface area contributed by atoms with Crippen molar-refractivity contribution in [3.63, 3.8) is 0 Å². The summed E-state index contributed by atoms with van der Waals surface area (Å²) in [5.74, 6) is 0.173. The van der Waals surface area contributed by atoms with Gasteiger partial charge in [0.25, 0.3) is 0 Å². The van der Waals surface area contributed by atoms with Crippen molar-refractivity contribution in [3.05, 3.63) is 28.7 Å². The van der Waals surface area contributed by atoms with Crippen molar-refractivity contribution >= 4 is 5.97 Å². The van der Waals surface area contributed by atoms with Crippen LogP contribution in [0.5, 0.6) is 0 Å². The van der Waals surface area contributed by atoms with Crippen LogP contribution < -0.4 is 0 Å². The average molecular weight is 264 g/mol. The predicted molar refractivity (Wildman–Crippen MR) is 66.1 cm³/mol. The second-order valence-corrected chi connectivity index (χ2v) is 4.69. The summed E-state index contributed by atoms with van der Waals surface area (Å²) < 4.78 is 7.00. The van der Waals surface area contributed by atoms with Crippen LogP contribution in [0.1, 0.15) is 53.3 Å². The molecular formula is C12H16N4O3. The minimum atomic E-state index is -1.07. The molecule has 102 valence electrons. The maximum absolute atomic E-state index is 11.1. The van der Waals surface area contributed by atoms with E-state index >= 15 is 0 Å². The van der Waals surface area contributed by atoms with Crippen LogP contribution in [0.3, 0.4) is 0 Å². The Morgan fingerprint density at radius 3 is 2.58 bits per heavy atom. The number of hydrogen-bond acceptors (Lipinski definition) is 5. The van der Waals surface area contributed by atoms with Gasteiger partial charge in [-0.3, -0.25) is 0 Å². The van der Waals surface area contributed by atoms with Gasteiger partial charge in [0, 0.05) is 0 Å². The summed E-state index contributed by atoms with van der Waals surface area (Å²) in [6.07, 6.45) is 0. The molecule has 0 spiro atoms. The number of oxazole rings is 1. The SMILES string of the molecule is Cc1nc(Cn2nnc(C(=O)O)c2C(C)C)oc1C. The van der Waals surface area contributed by atoms with Crippen molar-refractivity contribution in [2.24, 2.45) is 0 Å². The summed E-state index contributed by atoms with van der Waals surface area (Å²) in [6.45, 7) is 7.76. The van der Waals surface area contributed by atoms with Gasteiger partial charge in [-0.05, 0) is 19.8 Å². The van der Waals surface area contributed by atoms with Crippen LogP contribution in [0, 0.1) is 13.8 Å². The summed E-state index contributed by atoms with van der Waals surface area (Å²) in [7, 11) is 0. The van der Waals surface area contributed by atoms with Crippen molar-refractivity contribution in [2.45, 2.75) is 40.2 Å². The van der Waals surface area contributed by atoms with E-state index in [0.717, 1.165) is 11.5 Å². The molecule has 0 bridgehead atoms. The summed E-state index contributed by atoms with van der Waals surface area (Å²) in [5.41, 5.74) is 1.37. The van der Waals surface area contributed by atoms with Gasteiger partial charge in [-0.2, -0.15) is 0 Å². The first-order valence-corrected chi connectivity index (χ1v) is 5.99. The molecule has 0 aliphatic carbocycles. The van der Waals surface area contributed by atoms with Crippen LogP contribution in [0.15, 0.2) is 4.42 Å². The van der Waals surface area contributed by atoms with E-state index in [1.165, 1.54) is 4.68 Å². The van der Waals surface area contributed by atoms with Gasteiger partial charge in [0.15, 0.2) is 5.69 Å². The molecular weight excluding hydrogens is 248 g/mol. The zero-order valence-corrected chi connectivity index (χ0v) is 11.3. The highest BCUT2D eigenvalue weighted by molar-refractivity contribution is 5.86. The number of carbonyl (C=O) groups is 1. The molecule has 0 aliphatic heterocycles. The zero-order chi connectivity index (χ0) is 14.2. The molecule has 0 amide bonds. The molecule has 0 aromatic carbocycles. The predicted octanol–water partition coefficient (Wildman–Crippen LogP) is 1.75. The highest BCUT2D eigenvalue weighted by Crippen LogP contribution is 2.19. The molecule has 19 heavy (non-hydrogen) atoms. The number of aryl methyl sites for hydroxylation is 2. The molecule has 2 rings (SSSR count). The Kier molecular flexibility index (Phi) is 3.37. The van der Waals surface area contributed by atoms with Gasteiger partial charge in [-0.15, -0.1) is 5.10 Å². The average Bonchev–Trinajstić information content (AvgIpc) is 2.84. The molecule has 2 aromatic heterocycles. The molecule has 2 aromatic rings. The minimum absolute atomic E-state index is 0.00161. The molecule has 1 N–H and O–H groups in total. The highest BCUT2D eigenvalue weighted by Gasteiger charge is 2.22. The van der Waals surface area contributed by atoms with Gasteiger partial charge >= 0.3 is 5.97 Å². The molecule has 7 heteroatoms. The van der Waals surface area contributed by atoms with Crippen molar-refractivity contribution < 1.29 is 14.3 Å². The third kappa shape index (κ3) is 2.49. The first-order valence-electron chi connectivity index (χ1n) is 5.99. The Labute approximate surface area is 110 Å². The fourth-order valence-corrected chi connectivity index (χ4v) is 1.90. The Balaban J connectivity index is 2.37. The molecule has 0 radical (unpaired) electrons. The number of nitrogens with zero attached hydrogens (tertiary/aromatic N) is 4. The van der Waals surface area contributed by atoms with Gasteiger partial charge < -0.3 is 9.52 Å². The molecule has 0 aliphatic rings. The number of carboxylic acid groups (broad SMARTS) is 1. The number of carboxylic acids is 1. The van der Waals surface area contributed by atoms with Crippen LogP contribution >= 0.6 is 0 Å². The first kappa shape index (κ1) is 13.3. The van der Waals surface area contributed by atoms with E-state index in [4.69, 9.17) is 9.52 Å². The van der Waals surface area contributed by atoms with Gasteiger partial charge in [-0.25, -0.2) is 14.5 Å². The van der Waals surface area contributed by atoms with E-state index in [9.17, 15) is 4.79 Å². The third-order valence-electron chi connectivity index (χ3n) is 2.88. The van der Waals surface area contributed by atoms with Crippen LogP contribution in [0.25, 0.3) is 0 Å². The molecule has 7 nitrogen and oxygen atoms in total. The summed E-state index contributed by atoms with van der Waals surface area (Å²) in [4.78, 5) is 15.4. The Morgan fingerprint density at radius 2 is 2.11 bits per heavy atom. The minimum Gasteiger partial charge on any atom is -0.476 e. The lowest BCUT2D eigenvalue weighted by Crippen LogP contribution is -2.11. The number of rotatable bonds is 4. The van der Waals surface area contributed by atoms with E-state index in [2.05, 4.69) is 15.3 Å².